The first-order chi connectivity index (χ1) is 21.3. The fourth-order valence-electron chi connectivity index (χ4n) is 4.40. The molecule has 0 bridgehead atoms. The molecule has 0 saturated carbocycles. The minimum Gasteiger partial charge on any atom is -0.392 e. The number of halogens is 3. The van der Waals surface area contributed by atoms with Crippen molar-refractivity contribution in [2.24, 2.45) is 0 Å². The molecule has 2 nitrogen and oxygen atoms in total. The van der Waals surface area contributed by atoms with Crippen LogP contribution in [0.4, 0.5) is 0 Å². The van der Waals surface area contributed by atoms with E-state index in [0.29, 0.717) is 0 Å². The number of alkyl halides is 1. The van der Waals surface area contributed by atoms with Gasteiger partial charge < -0.3 is 9.84 Å². The van der Waals surface area contributed by atoms with Crippen LogP contribution in [0.15, 0.2) is 140 Å². The number of hydrogen-bond acceptors (Lipinski definition) is 2. The zero-order valence-corrected chi connectivity index (χ0v) is 31.1. The Bertz CT molecular complexity index is 1320. The van der Waals surface area contributed by atoms with Crippen LogP contribution in [0.3, 0.4) is 0 Å². The third kappa shape index (κ3) is 10.8. The van der Waals surface area contributed by atoms with E-state index in [-0.39, 0.29) is 6.61 Å². The van der Waals surface area contributed by atoms with E-state index in [4.69, 9.17) is 9.84 Å². The summed E-state index contributed by atoms with van der Waals surface area (Å²) in [4.78, 5) is 0. The fourth-order valence-corrected chi connectivity index (χ4v) is 12.0. The molecule has 1 fully saturated rings. The molecule has 6 heteroatoms. The zero-order valence-electron chi connectivity index (χ0n) is 25.5. The Morgan fingerprint density at radius 2 is 0.886 bits per heavy atom. The molecule has 1 N–H and O–H groups in total. The van der Waals surface area contributed by atoms with Gasteiger partial charge in [-0.05, 0) is 37.8 Å². The monoisotopic (exact) mass is 798 g/mol. The normalized spacial score (nSPS) is 13.0. The average molecular weight is 801 g/mol. The van der Waals surface area contributed by atoms with Gasteiger partial charge in [-0.25, -0.2) is 0 Å². The zero-order chi connectivity index (χ0) is 31.7. The Kier molecular flexibility index (Phi) is 15.5. The predicted molar refractivity (Wildman–Crippen MR) is 204 cm³/mol. The first-order valence-electron chi connectivity index (χ1n) is 14.8. The van der Waals surface area contributed by atoms with Gasteiger partial charge >= 0.3 is 142 Å². The van der Waals surface area contributed by atoms with E-state index >= 15 is 0 Å². The molecule has 0 spiro atoms. The van der Waals surface area contributed by atoms with Crippen molar-refractivity contribution in [1.29, 1.82) is 0 Å². The van der Waals surface area contributed by atoms with Crippen molar-refractivity contribution in [3.63, 3.8) is 0 Å². The number of hydrogen-bond donors (Lipinski definition) is 1. The predicted octanol–water partition coefficient (Wildman–Crippen LogP) is 10.3. The van der Waals surface area contributed by atoms with E-state index in [1.807, 2.05) is 31.2 Å². The van der Waals surface area contributed by atoms with Gasteiger partial charge in [0.25, 0.3) is 0 Å². The van der Waals surface area contributed by atoms with Crippen LogP contribution in [0.2, 0.25) is 0 Å². The van der Waals surface area contributed by atoms with Crippen molar-refractivity contribution in [2.45, 2.75) is 38.6 Å². The Labute approximate surface area is 288 Å². The molecular formula is C38H42Br3O2P. The molecule has 1 saturated heterocycles. The molecule has 6 rings (SSSR count). The van der Waals surface area contributed by atoms with Gasteiger partial charge in [-0.3, -0.25) is 0 Å². The Hall–Kier alpha value is -2.11. The van der Waals surface area contributed by atoms with Gasteiger partial charge in [0.05, 0.1) is 6.61 Å². The minimum atomic E-state index is -2.75. The smallest absolute Gasteiger partial charge is 0.0681 e. The molecule has 5 aromatic carbocycles. The van der Waals surface area contributed by atoms with Gasteiger partial charge in [-0.15, -0.1) is 0 Å². The number of aliphatic hydroxyl groups is 1. The standard InChI is InChI=1S/C18H15Br2P.C8H9Br.C8H10O.C4H8O/c19-21(20,16-10-4-1-5-11-16,17-12-6-2-7-13-17)18-14-8-3-9-15-18;2*1-7-2-4-8(6-9)5-3-7;1-2-4-5-3-1/h1-15H;2-5H,6H2,1H3;2-5,9H,6H2,1H3;1-4H2. The summed E-state index contributed by atoms with van der Waals surface area (Å²) in [6, 6.07) is 48.1. The van der Waals surface area contributed by atoms with Crippen LogP contribution in [-0.4, -0.2) is 18.3 Å². The topological polar surface area (TPSA) is 29.5 Å². The molecule has 5 aromatic rings. The molecule has 1 heterocycles. The molecule has 232 valence electrons. The minimum absolute atomic E-state index is 0.139. The summed E-state index contributed by atoms with van der Waals surface area (Å²) in [6.07, 6.45) is 2.56. The Morgan fingerprint density at radius 3 is 1.16 bits per heavy atom. The molecule has 0 amide bonds. The molecule has 0 unspecified atom stereocenters. The second kappa shape index (κ2) is 18.8. The number of rotatable bonds is 5. The fraction of sp³-hybridized carbons (Fsp3) is 0.211. The Balaban J connectivity index is 0.000000189. The quantitative estimate of drug-likeness (QED) is 0.142. The number of benzene rings is 5. The second-order valence-electron chi connectivity index (χ2n) is 10.5. The summed E-state index contributed by atoms with van der Waals surface area (Å²) < 4.78 is 2.19. The number of aryl methyl sites for hydroxylation is 2. The van der Waals surface area contributed by atoms with E-state index in [9.17, 15) is 0 Å². The summed E-state index contributed by atoms with van der Waals surface area (Å²) in [5.74, 6) is 0. The largest absolute Gasteiger partial charge is 0.392 e. The van der Waals surface area contributed by atoms with Crippen LogP contribution in [0, 0.1) is 13.8 Å². The second-order valence-corrected chi connectivity index (χ2v) is 25.8. The van der Waals surface area contributed by atoms with Gasteiger partial charge in [0, 0.05) is 18.5 Å². The van der Waals surface area contributed by atoms with Gasteiger partial charge in [0.15, 0.2) is 0 Å². The third-order valence-electron chi connectivity index (χ3n) is 7.03. The summed E-state index contributed by atoms with van der Waals surface area (Å²) in [7, 11) is 0. The molecular weight excluding hydrogens is 759 g/mol. The van der Waals surface area contributed by atoms with Crippen molar-refractivity contribution >= 4 is 66.8 Å². The van der Waals surface area contributed by atoms with Crippen molar-refractivity contribution in [3.8, 4) is 0 Å². The Morgan fingerprint density at radius 1 is 0.545 bits per heavy atom. The van der Waals surface area contributed by atoms with E-state index in [0.717, 1.165) is 24.1 Å². The number of ether oxygens (including phenoxy) is 1. The molecule has 0 radical (unpaired) electrons. The van der Waals surface area contributed by atoms with Gasteiger partial charge in [0.1, 0.15) is 0 Å². The van der Waals surface area contributed by atoms with Crippen LogP contribution in [-0.2, 0) is 16.7 Å². The maximum Gasteiger partial charge on any atom is 0.0681 e. The van der Waals surface area contributed by atoms with Crippen LogP contribution in [0.5, 0.6) is 0 Å². The molecule has 44 heavy (non-hydrogen) atoms. The summed E-state index contributed by atoms with van der Waals surface area (Å²) in [6.45, 7) is 6.26. The molecule has 0 atom stereocenters. The maximum atomic E-state index is 8.63. The van der Waals surface area contributed by atoms with Crippen LogP contribution in [0.25, 0.3) is 0 Å². The van der Waals surface area contributed by atoms with Gasteiger partial charge in [-0.2, -0.15) is 0 Å². The van der Waals surface area contributed by atoms with Crippen molar-refractivity contribution < 1.29 is 9.84 Å². The van der Waals surface area contributed by atoms with Gasteiger partial charge in [-0.1, -0.05) is 75.6 Å². The molecule has 0 aromatic heterocycles. The molecule has 1 aliphatic heterocycles. The number of aliphatic hydroxyl groups excluding tert-OH is 1. The van der Waals surface area contributed by atoms with E-state index in [2.05, 4.69) is 169 Å². The van der Waals surface area contributed by atoms with E-state index in [1.54, 1.807) is 0 Å². The van der Waals surface area contributed by atoms with Crippen molar-refractivity contribution in [3.05, 3.63) is 162 Å². The third-order valence-corrected chi connectivity index (χ3v) is 18.7. The molecule has 0 aliphatic carbocycles. The first-order valence-corrected chi connectivity index (χ1v) is 22.1. The van der Waals surface area contributed by atoms with Crippen LogP contribution >= 0.6 is 50.9 Å². The van der Waals surface area contributed by atoms with E-state index < -0.39 is 4.01 Å². The summed E-state index contributed by atoms with van der Waals surface area (Å²) in [5.41, 5.74) is 4.85. The van der Waals surface area contributed by atoms with Crippen molar-refractivity contribution in [2.75, 3.05) is 13.2 Å². The molecule has 1 aliphatic rings. The van der Waals surface area contributed by atoms with Gasteiger partial charge in [0.2, 0.25) is 0 Å². The SMILES string of the molecule is BrP(Br)(c1ccccc1)(c1ccccc1)c1ccccc1.C1CCOC1.Cc1ccc(CBr)cc1.Cc1ccc(CO)cc1. The van der Waals surface area contributed by atoms with Crippen LogP contribution in [0.1, 0.15) is 35.1 Å². The maximum absolute atomic E-state index is 8.63. The van der Waals surface area contributed by atoms with Crippen molar-refractivity contribution in [1.82, 2.24) is 0 Å². The average Bonchev–Trinajstić information content (AvgIpc) is 3.68. The first kappa shape index (κ1) is 36.4. The summed E-state index contributed by atoms with van der Waals surface area (Å²) in [5, 5.41) is 13.4. The summed E-state index contributed by atoms with van der Waals surface area (Å²) >= 11 is 11.7. The van der Waals surface area contributed by atoms with Crippen LogP contribution < -0.4 is 15.9 Å². The van der Waals surface area contributed by atoms with E-state index in [1.165, 1.54) is 45.4 Å².